The number of thioether (sulfide) groups is 1. The largest absolute Gasteiger partial charge is 0.325 e. The number of nitrogens with one attached hydrogen (secondary N) is 1. The quantitative estimate of drug-likeness (QED) is 0.778. The van der Waals surface area contributed by atoms with Gasteiger partial charge in [0, 0.05) is 28.0 Å². The zero-order chi connectivity index (χ0) is 17.1. The predicted molar refractivity (Wildman–Crippen MR) is 101 cm³/mol. The molecule has 24 heavy (non-hydrogen) atoms. The summed E-state index contributed by atoms with van der Waals surface area (Å²) in [5.74, 6) is -0.472. The molecule has 1 saturated heterocycles. The van der Waals surface area contributed by atoms with Gasteiger partial charge in [-0.15, -0.1) is 11.8 Å². The van der Waals surface area contributed by atoms with Crippen molar-refractivity contribution in [1.29, 1.82) is 0 Å². The molecular formula is C18H17BrN2O2S. The summed E-state index contributed by atoms with van der Waals surface area (Å²) in [6.07, 6.45) is 2.21. The molecule has 4 nitrogen and oxygen atoms in total. The maximum Gasteiger partial charge on any atom is 0.229 e. The number of hydrogen-bond donors (Lipinski definition) is 1. The smallest absolute Gasteiger partial charge is 0.229 e. The lowest BCUT2D eigenvalue weighted by Crippen LogP contribution is -2.28. The molecule has 2 aromatic carbocycles. The maximum absolute atomic E-state index is 12.6. The van der Waals surface area contributed by atoms with Gasteiger partial charge in [-0.3, -0.25) is 9.59 Å². The van der Waals surface area contributed by atoms with E-state index in [1.54, 1.807) is 16.7 Å². The van der Waals surface area contributed by atoms with Crippen molar-refractivity contribution in [2.24, 2.45) is 5.92 Å². The number of nitrogens with zero attached hydrogens (tertiary/aromatic N) is 1. The van der Waals surface area contributed by atoms with Crippen LogP contribution in [0.2, 0.25) is 0 Å². The number of hydrogen-bond acceptors (Lipinski definition) is 3. The normalized spacial score (nSPS) is 17.2. The van der Waals surface area contributed by atoms with Crippen LogP contribution in [-0.4, -0.2) is 24.6 Å². The lowest BCUT2D eigenvalue weighted by atomic mass is 10.1. The number of amides is 2. The molecule has 1 heterocycles. The summed E-state index contributed by atoms with van der Waals surface area (Å²) < 4.78 is 0.912. The number of para-hydroxylation sites is 1. The first-order valence-corrected chi connectivity index (χ1v) is 9.60. The molecule has 1 fully saturated rings. The van der Waals surface area contributed by atoms with Gasteiger partial charge in [0.05, 0.1) is 11.6 Å². The van der Waals surface area contributed by atoms with Crippen molar-refractivity contribution in [3.63, 3.8) is 0 Å². The number of anilines is 2. The third-order valence-corrected chi connectivity index (χ3v) is 5.27. The van der Waals surface area contributed by atoms with Gasteiger partial charge in [-0.2, -0.15) is 0 Å². The Balaban J connectivity index is 1.72. The summed E-state index contributed by atoms with van der Waals surface area (Å²) >= 11 is 5.00. The van der Waals surface area contributed by atoms with Gasteiger partial charge in [-0.25, -0.2) is 0 Å². The van der Waals surface area contributed by atoms with E-state index in [1.807, 2.05) is 54.8 Å². The molecule has 124 valence electrons. The third-order valence-electron chi connectivity index (χ3n) is 3.98. The zero-order valence-electron chi connectivity index (χ0n) is 13.2. The molecular weight excluding hydrogens is 388 g/mol. The fraction of sp³-hybridized carbons (Fsp3) is 0.222. The van der Waals surface area contributed by atoms with E-state index in [4.69, 9.17) is 0 Å². The fourth-order valence-electron chi connectivity index (χ4n) is 2.76. The third kappa shape index (κ3) is 3.65. The van der Waals surface area contributed by atoms with E-state index < -0.39 is 0 Å². The van der Waals surface area contributed by atoms with Crippen molar-refractivity contribution < 1.29 is 9.59 Å². The molecule has 1 N–H and O–H groups in total. The second-order valence-corrected chi connectivity index (χ2v) is 7.34. The summed E-state index contributed by atoms with van der Waals surface area (Å²) in [6.45, 7) is 0.405. The van der Waals surface area contributed by atoms with Crippen molar-refractivity contribution >= 4 is 50.9 Å². The first kappa shape index (κ1) is 17.0. The van der Waals surface area contributed by atoms with Crippen LogP contribution in [0, 0.1) is 5.92 Å². The summed E-state index contributed by atoms with van der Waals surface area (Å²) in [5, 5.41) is 2.96. The highest BCUT2D eigenvalue weighted by molar-refractivity contribution is 9.10. The lowest BCUT2D eigenvalue weighted by molar-refractivity contribution is -0.122. The van der Waals surface area contributed by atoms with Crippen LogP contribution in [0.25, 0.3) is 0 Å². The monoisotopic (exact) mass is 404 g/mol. The molecule has 1 atom stereocenters. The van der Waals surface area contributed by atoms with Gasteiger partial charge in [-0.1, -0.05) is 34.1 Å². The van der Waals surface area contributed by atoms with Gasteiger partial charge < -0.3 is 10.2 Å². The zero-order valence-corrected chi connectivity index (χ0v) is 15.6. The van der Waals surface area contributed by atoms with Crippen LogP contribution in [0.3, 0.4) is 0 Å². The van der Waals surface area contributed by atoms with Crippen molar-refractivity contribution in [2.75, 3.05) is 23.0 Å². The van der Waals surface area contributed by atoms with Crippen LogP contribution >= 0.6 is 27.7 Å². The molecule has 2 aromatic rings. The molecule has 0 spiro atoms. The number of carbonyl (C=O) groups is 2. The number of halogens is 1. The number of rotatable bonds is 4. The second-order valence-electron chi connectivity index (χ2n) is 5.57. The summed E-state index contributed by atoms with van der Waals surface area (Å²) in [5.41, 5.74) is 1.61. The molecule has 0 radical (unpaired) electrons. The molecule has 6 heteroatoms. The topological polar surface area (TPSA) is 49.4 Å². The molecule has 1 aliphatic heterocycles. The van der Waals surface area contributed by atoms with Gasteiger partial charge in [0.1, 0.15) is 0 Å². The maximum atomic E-state index is 12.6. The molecule has 3 rings (SSSR count). The number of carbonyl (C=O) groups excluding carboxylic acids is 2. The van der Waals surface area contributed by atoms with Crippen LogP contribution < -0.4 is 10.2 Å². The Morgan fingerprint density at radius 1 is 1.25 bits per heavy atom. The molecule has 0 saturated carbocycles. The Morgan fingerprint density at radius 2 is 2.04 bits per heavy atom. The van der Waals surface area contributed by atoms with Gasteiger partial charge in [0.2, 0.25) is 11.8 Å². The summed E-state index contributed by atoms with van der Waals surface area (Å²) in [7, 11) is 0. The first-order valence-electron chi connectivity index (χ1n) is 7.58. The molecule has 1 unspecified atom stereocenters. The van der Waals surface area contributed by atoms with E-state index in [0.29, 0.717) is 6.54 Å². The van der Waals surface area contributed by atoms with Crippen molar-refractivity contribution in [3.8, 4) is 0 Å². The second kappa shape index (κ2) is 7.40. The minimum absolute atomic E-state index is 0.0219. The fourth-order valence-corrected chi connectivity index (χ4v) is 3.70. The Kier molecular flexibility index (Phi) is 5.26. The number of benzene rings is 2. The molecule has 2 amide bonds. The van der Waals surface area contributed by atoms with Crippen LogP contribution in [-0.2, 0) is 9.59 Å². The predicted octanol–water partition coefficient (Wildman–Crippen LogP) is 4.16. The minimum atomic E-state index is -0.341. The summed E-state index contributed by atoms with van der Waals surface area (Å²) in [4.78, 5) is 27.6. The Bertz CT molecular complexity index is 781. The van der Waals surface area contributed by atoms with E-state index in [9.17, 15) is 9.59 Å². The van der Waals surface area contributed by atoms with E-state index in [0.717, 1.165) is 20.7 Å². The Hall–Kier alpha value is -1.79. The molecule has 0 aliphatic carbocycles. The van der Waals surface area contributed by atoms with Crippen LogP contribution in [0.5, 0.6) is 0 Å². The highest BCUT2D eigenvalue weighted by Crippen LogP contribution is 2.29. The summed E-state index contributed by atoms with van der Waals surface area (Å²) in [6, 6.07) is 15.2. The van der Waals surface area contributed by atoms with Crippen LogP contribution in [0.15, 0.2) is 57.9 Å². The average molecular weight is 405 g/mol. The van der Waals surface area contributed by atoms with Crippen LogP contribution in [0.4, 0.5) is 11.4 Å². The van der Waals surface area contributed by atoms with E-state index >= 15 is 0 Å². The van der Waals surface area contributed by atoms with Gasteiger partial charge >= 0.3 is 0 Å². The minimum Gasteiger partial charge on any atom is -0.325 e. The standard InChI is InChI=1S/C18H17BrN2O2S/c1-24-16-8-3-2-7-15(16)20-18(23)12-9-17(22)21(11-12)14-6-4-5-13(19)10-14/h2-8,10,12H,9,11H2,1H3,(H,20,23). The molecule has 0 bridgehead atoms. The Morgan fingerprint density at radius 3 is 2.79 bits per heavy atom. The van der Waals surface area contributed by atoms with E-state index in [2.05, 4.69) is 21.2 Å². The lowest BCUT2D eigenvalue weighted by Gasteiger charge is -2.17. The van der Waals surface area contributed by atoms with E-state index in [-0.39, 0.29) is 24.2 Å². The SMILES string of the molecule is CSc1ccccc1NC(=O)C1CC(=O)N(c2cccc(Br)c2)C1. The highest BCUT2D eigenvalue weighted by Gasteiger charge is 2.35. The van der Waals surface area contributed by atoms with Crippen molar-refractivity contribution in [3.05, 3.63) is 53.0 Å². The Labute approximate surface area is 153 Å². The van der Waals surface area contributed by atoms with Crippen molar-refractivity contribution in [2.45, 2.75) is 11.3 Å². The molecule has 1 aliphatic rings. The highest BCUT2D eigenvalue weighted by atomic mass is 79.9. The van der Waals surface area contributed by atoms with Crippen molar-refractivity contribution in [1.82, 2.24) is 0 Å². The van der Waals surface area contributed by atoms with Gasteiger partial charge in [0.25, 0.3) is 0 Å². The van der Waals surface area contributed by atoms with Crippen LogP contribution in [0.1, 0.15) is 6.42 Å². The average Bonchev–Trinajstić information content (AvgIpc) is 2.97. The van der Waals surface area contributed by atoms with Gasteiger partial charge in [-0.05, 0) is 36.6 Å². The van der Waals surface area contributed by atoms with E-state index in [1.165, 1.54) is 0 Å². The molecule has 0 aromatic heterocycles. The first-order chi connectivity index (χ1) is 11.6. The van der Waals surface area contributed by atoms with Gasteiger partial charge in [0.15, 0.2) is 0 Å².